The summed E-state index contributed by atoms with van der Waals surface area (Å²) >= 11 is 11.5. The molecule has 0 amide bonds. The van der Waals surface area contributed by atoms with Gasteiger partial charge in [-0.1, -0.05) is 30.1 Å². The van der Waals surface area contributed by atoms with Crippen molar-refractivity contribution in [3.05, 3.63) is 75.2 Å². The Morgan fingerprint density at radius 3 is 2.35 bits per heavy atom. The van der Waals surface area contributed by atoms with Gasteiger partial charge in [-0.05, 0) is 24.3 Å². The van der Waals surface area contributed by atoms with Gasteiger partial charge >= 0.3 is 0 Å². The lowest BCUT2D eigenvalue weighted by Gasteiger charge is -2.09. The molecule has 0 atom stereocenters. The molecular formula is C18H12Cl2F3NO2. The van der Waals surface area contributed by atoms with Crippen LogP contribution in [-0.4, -0.2) is 11.6 Å². The van der Waals surface area contributed by atoms with Crippen LogP contribution in [0.15, 0.2) is 42.1 Å². The molecule has 26 heavy (non-hydrogen) atoms. The first-order valence-corrected chi connectivity index (χ1v) is 8.14. The number of hydrogen-bond acceptors (Lipinski definition) is 3. The number of nitrogens with one attached hydrogen (secondary N) is 1. The summed E-state index contributed by atoms with van der Waals surface area (Å²) in [5.41, 5.74) is -0.767. The Morgan fingerprint density at radius 1 is 1.04 bits per heavy atom. The molecule has 1 N–H and O–H groups in total. The molecule has 2 rings (SSSR count). The van der Waals surface area contributed by atoms with Crippen LogP contribution in [0.25, 0.3) is 0 Å². The standard InChI is InChI=1S/C18H12Cl2F3NO2/c1-2-17(25)11(8-24-16-4-3-9(21)5-15(16)23)18(26)10-6-14(22)13(20)7-12(10)19/h3-8,24H,2H2,1H3. The largest absolute Gasteiger partial charge is 0.358 e. The normalized spacial score (nSPS) is 11.4. The number of allylic oxidation sites excluding steroid dienone is 1. The lowest BCUT2D eigenvalue weighted by molar-refractivity contribution is -0.114. The zero-order valence-electron chi connectivity index (χ0n) is 13.4. The van der Waals surface area contributed by atoms with Gasteiger partial charge in [-0.15, -0.1) is 0 Å². The molecule has 0 aromatic heterocycles. The average Bonchev–Trinajstić information content (AvgIpc) is 2.59. The van der Waals surface area contributed by atoms with Crippen LogP contribution in [0.2, 0.25) is 10.0 Å². The first-order valence-electron chi connectivity index (χ1n) is 7.38. The molecule has 0 saturated carbocycles. The van der Waals surface area contributed by atoms with E-state index in [9.17, 15) is 22.8 Å². The molecule has 0 bridgehead atoms. The minimum Gasteiger partial charge on any atom is -0.358 e. The van der Waals surface area contributed by atoms with Gasteiger partial charge in [-0.2, -0.15) is 0 Å². The van der Waals surface area contributed by atoms with Gasteiger partial charge < -0.3 is 5.32 Å². The Hall–Kier alpha value is -2.31. The third kappa shape index (κ3) is 4.45. The zero-order valence-corrected chi connectivity index (χ0v) is 14.9. The van der Waals surface area contributed by atoms with E-state index in [1.165, 1.54) is 6.92 Å². The van der Waals surface area contributed by atoms with Crippen molar-refractivity contribution in [3.63, 3.8) is 0 Å². The van der Waals surface area contributed by atoms with Crippen molar-refractivity contribution in [2.24, 2.45) is 0 Å². The van der Waals surface area contributed by atoms with E-state index in [0.29, 0.717) is 6.07 Å². The second-order valence-corrected chi connectivity index (χ2v) is 5.99. The predicted octanol–water partition coefficient (Wildman–Crippen LogP) is 5.57. The van der Waals surface area contributed by atoms with Crippen LogP contribution >= 0.6 is 23.2 Å². The summed E-state index contributed by atoms with van der Waals surface area (Å²) < 4.78 is 40.3. The highest BCUT2D eigenvalue weighted by atomic mass is 35.5. The molecule has 136 valence electrons. The Kier molecular flexibility index (Phi) is 6.45. The number of hydrogen-bond donors (Lipinski definition) is 1. The van der Waals surface area contributed by atoms with Gasteiger partial charge in [0.05, 0.1) is 21.3 Å². The minimum absolute atomic E-state index is 0.0289. The number of Topliss-reactive ketones (excluding diaryl/α,β-unsaturated/α-hetero) is 2. The van der Waals surface area contributed by atoms with E-state index in [4.69, 9.17) is 23.2 Å². The van der Waals surface area contributed by atoms with Crippen molar-refractivity contribution in [1.82, 2.24) is 0 Å². The van der Waals surface area contributed by atoms with Crippen molar-refractivity contribution in [2.45, 2.75) is 13.3 Å². The van der Waals surface area contributed by atoms with Gasteiger partial charge in [-0.3, -0.25) is 9.59 Å². The molecule has 8 heteroatoms. The van der Waals surface area contributed by atoms with Gasteiger partial charge in [0.2, 0.25) is 0 Å². The van der Waals surface area contributed by atoms with Crippen molar-refractivity contribution in [1.29, 1.82) is 0 Å². The van der Waals surface area contributed by atoms with Crippen molar-refractivity contribution < 1.29 is 22.8 Å². The third-order valence-corrected chi connectivity index (χ3v) is 4.03. The highest BCUT2D eigenvalue weighted by Gasteiger charge is 2.22. The number of ketones is 2. The van der Waals surface area contributed by atoms with Gasteiger partial charge in [-0.25, -0.2) is 13.2 Å². The van der Waals surface area contributed by atoms with Gasteiger partial charge in [0.25, 0.3) is 0 Å². The van der Waals surface area contributed by atoms with E-state index in [0.717, 1.165) is 30.5 Å². The van der Waals surface area contributed by atoms with Gasteiger partial charge in [0.15, 0.2) is 11.6 Å². The van der Waals surface area contributed by atoms with Crippen LogP contribution in [-0.2, 0) is 4.79 Å². The van der Waals surface area contributed by atoms with E-state index >= 15 is 0 Å². The summed E-state index contributed by atoms with van der Waals surface area (Å²) in [6.07, 6.45) is 0.951. The van der Waals surface area contributed by atoms with Gasteiger partial charge in [0.1, 0.15) is 17.5 Å². The van der Waals surface area contributed by atoms with E-state index in [1.807, 2.05) is 0 Å². The second-order valence-electron chi connectivity index (χ2n) is 5.18. The molecule has 3 nitrogen and oxygen atoms in total. The molecule has 2 aromatic rings. The molecule has 0 aliphatic heterocycles. The maximum absolute atomic E-state index is 13.7. The second kappa shape index (κ2) is 8.38. The number of benzene rings is 2. The topological polar surface area (TPSA) is 46.2 Å². The fourth-order valence-electron chi connectivity index (χ4n) is 2.06. The molecule has 0 radical (unpaired) electrons. The number of rotatable bonds is 6. The van der Waals surface area contributed by atoms with E-state index < -0.39 is 29.0 Å². The summed E-state index contributed by atoms with van der Waals surface area (Å²) in [4.78, 5) is 24.7. The molecule has 0 aliphatic rings. The first kappa shape index (κ1) is 20.0. The summed E-state index contributed by atoms with van der Waals surface area (Å²) in [5.74, 6) is -3.99. The maximum atomic E-state index is 13.7. The Balaban J connectivity index is 2.42. The maximum Gasteiger partial charge on any atom is 0.199 e. The lowest BCUT2D eigenvalue weighted by atomic mass is 9.99. The molecule has 0 spiro atoms. The highest BCUT2D eigenvalue weighted by Crippen LogP contribution is 2.27. The van der Waals surface area contributed by atoms with Crippen LogP contribution in [0.1, 0.15) is 23.7 Å². The number of anilines is 1. The van der Waals surface area contributed by atoms with Crippen LogP contribution in [0.5, 0.6) is 0 Å². The number of halogens is 5. The summed E-state index contributed by atoms with van der Waals surface area (Å²) in [5, 5.41) is 2.04. The SMILES string of the molecule is CCC(=O)C(=CNc1ccc(F)cc1F)C(=O)c1cc(F)c(Cl)cc1Cl. The third-order valence-electron chi connectivity index (χ3n) is 3.42. The molecule has 0 saturated heterocycles. The lowest BCUT2D eigenvalue weighted by Crippen LogP contribution is -2.15. The first-order chi connectivity index (χ1) is 12.2. The Labute approximate surface area is 157 Å². The zero-order chi connectivity index (χ0) is 19.4. The highest BCUT2D eigenvalue weighted by molar-refractivity contribution is 6.39. The van der Waals surface area contributed by atoms with Crippen molar-refractivity contribution >= 4 is 40.5 Å². The molecule has 0 aliphatic carbocycles. The molecule has 2 aromatic carbocycles. The number of carbonyl (C=O) groups excluding carboxylic acids is 2. The van der Waals surface area contributed by atoms with Crippen LogP contribution in [0.4, 0.5) is 18.9 Å². The molecule has 0 fully saturated rings. The van der Waals surface area contributed by atoms with E-state index in [2.05, 4.69) is 5.32 Å². The Morgan fingerprint density at radius 2 is 1.73 bits per heavy atom. The fraction of sp³-hybridized carbons (Fsp3) is 0.111. The quantitative estimate of drug-likeness (QED) is 0.226. The van der Waals surface area contributed by atoms with Crippen LogP contribution < -0.4 is 5.32 Å². The van der Waals surface area contributed by atoms with Crippen LogP contribution in [0, 0.1) is 17.5 Å². The smallest absolute Gasteiger partial charge is 0.199 e. The van der Waals surface area contributed by atoms with E-state index in [1.54, 1.807) is 0 Å². The summed E-state index contributed by atoms with van der Waals surface area (Å²) in [6.45, 7) is 1.52. The van der Waals surface area contributed by atoms with E-state index in [-0.39, 0.29) is 33.3 Å². The summed E-state index contributed by atoms with van der Waals surface area (Å²) in [6, 6.07) is 4.63. The van der Waals surface area contributed by atoms with Crippen molar-refractivity contribution in [2.75, 3.05) is 5.32 Å². The summed E-state index contributed by atoms with van der Waals surface area (Å²) in [7, 11) is 0. The predicted molar refractivity (Wildman–Crippen MR) is 94.1 cm³/mol. The Bertz CT molecular complexity index is 914. The monoisotopic (exact) mass is 401 g/mol. The van der Waals surface area contributed by atoms with Crippen LogP contribution in [0.3, 0.4) is 0 Å². The number of carbonyl (C=O) groups is 2. The van der Waals surface area contributed by atoms with Crippen molar-refractivity contribution in [3.8, 4) is 0 Å². The minimum atomic E-state index is -0.910. The fourth-order valence-corrected chi connectivity index (χ4v) is 2.53. The molecule has 0 unspecified atom stereocenters. The average molecular weight is 402 g/mol. The molecular weight excluding hydrogens is 390 g/mol. The van der Waals surface area contributed by atoms with Gasteiger partial charge in [0, 0.05) is 24.3 Å². The molecule has 0 heterocycles.